The van der Waals surface area contributed by atoms with Crippen molar-refractivity contribution in [2.45, 2.75) is 165 Å². The van der Waals surface area contributed by atoms with E-state index in [2.05, 4.69) is 64.3 Å². The average Bonchev–Trinajstić information content (AvgIpc) is 1.02. The molecule has 3 fully saturated rings. The van der Waals surface area contributed by atoms with Gasteiger partial charge >= 0.3 is 20.4 Å². The number of carbonyl (C=O) groups excluding carboxylic acids is 3. The van der Waals surface area contributed by atoms with Crippen LogP contribution in [0.4, 0.5) is 53.6 Å². The van der Waals surface area contributed by atoms with E-state index in [4.69, 9.17) is 65.5 Å². The zero-order valence-electron chi connectivity index (χ0n) is 74.6. The molecule has 9 aromatic rings. The number of benzene rings is 3. The first kappa shape index (κ1) is 94.0. The third kappa shape index (κ3) is 18.3. The Hall–Kier alpha value is -11.6. The topological polar surface area (TPSA) is 297 Å². The van der Waals surface area contributed by atoms with Crippen LogP contribution in [0, 0.1) is 38.2 Å². The molecule has 15 rings (SSSR count). The number of hydrogen-bond acceptors (Lipinski definition) is 20. The van der Waals surface area contributed by atoms with E-state index in [1.807, 2.05) is 133 Å². The smallest absolute Gasteiger partial charge is 0.353 e. The molecule has 6 atom stereocenters. The van der Waals surface area contributed by atoms with Crippen LogP contribution in [0.25, 0.3) is 33.8 Å². The number of anilines is 7. The number of amidine groups is 3. The van der Waals surface area contributed by atoms with Crippen LogP contribution in [0.5, 0.6) is 0 Å². The lowest BCUT2D eigenvalue weighted by Crippen LogP contribution is -2.60. The fourth-order valence-electron chi connectivity index (χ4n) is 17.1. The molecular formula is C92H105Cl3F3N21O7S2. The zero-order chi connectivity index (χ0) is 93.0. The number of pyridine rings is 5. The van der Waals surface area contributed by atoms with Crippen LogP contribution in [-0.4, -0.2) is 217 Å². The van der Waals surface area contributed by atoms with Crippen molar-refractivity contribution in [2.24, 2.45) is 13.8 Å². The molecule has 674 valence electrons. The van der Waals surface area contributed by atoms with Crippen LogP contribution in [0.2, 0.25) is 15.1 Å². The maximum absolute atomic E-state index is 15.1. The Labute approximate surface area is 761 Å². The van der Waals surface area contributed by atoms with Crippen LogP contribution < -0.4 is 19.2 Å². The summed E-state index contributed by atoms with van der Waals surface area (Å²) in [6.45, 7) is 43.1. The average molecular weight is 1840 g/mol. The van der Waals surface area contributed by atoms with Crippen molar-refractivity contribution in [1.82, 2.24) is 69.0 Å². The molecule has 6 unspecified atom stereocenters. The van der Waals surface area contributed by atoms with Gasteiger partial charge in [-0.1, -0.05) is 119 Å². The minimum atomic E-state index is -4.47. The summed E-state index contributed by atoms with van der Waals surface area (Å²) in [5, 5.41) is 4.99. The molecule has 0 aliphatic carbocycles. The molecule has 3 saturated heterocycles. The highest BCUT2D eigenvalue weighted by atomic mass is 35.5. The molecule has 3 amide bonds. The maximum atomic E-state index is 15.1. The van der Waals surface area contributed by atoms with E-state index < -0.39 is 37.9 Å². The second kappa shape index (κ2) is 37.6. The standard InChI is InChI=1S/C33H39ClFN7O3S.C31H35ClFN7O.C28H31ClFN7O3S/c1-9-28(43)40-16-22(6)41(17-21(40)5)33-25-15-26(34)30(24-12-10-11-13-27(24)35)37-32(25)42(46(44,45)38-33)31-20(4)14-23(18-39(7)8)36-29(31)19(2)3;1-7-26(41)38-14-20(6)39(15-19(38)5)30-22-13-23(32)28(21-10-8-9-11-24(21)33)37-31(22)40(16-35-30)29-18(4)12-25(34)36-27(29)17(2)3;1-7-24(38)34-14-19(6)35(15-18(34)5)27-21-12-22(29)25(20-10-8-9-11-23(20)30)32-26(21)37(41(39,40)33-27)28-17(4)13-31-36(28)16(2)3/h9-15,19,21-22H,1,16-18H2,2-8H3;7-13,17,19-20H,1,14-16H2,2-6H3,(H2,34,36);7-13,16,18-19H,1,14-15H2,2-6H3. The van der Waals surface area contributed by atoms with Gasteiger partial charge in [0.05, 0.1) is 83.5 Å². The number of nitrogens with two attached hydrogens (primary N) is 1. The number of nitrogen functional groups attached to an aromatic ring is 1. The van der Waals surface area contributed by atoms with Gasteiger partial charge in [0.2, 0.25) is 17.7 Å². The molecular weight excluding hydrogens is 1740 g/mol. The summed E-state index contributed by atoms with van der Waals surface area (Å²) in [5.74, 6) is 0.396. The van der Waals surface area contributed by atoms with Crippen molar-refractivity contribution in [3.05, 3.63) is 230 Å². The third-order valence-corrected chi connectivity index (χ3v) is 26.5. The molecule has 36 heteroatoms. The Morgan fingerprint density at radius 3 is 1.27 bits per heavy atom. The van der Waals surface area contributed by atoms with Gasteiger partial charge < -0.3 is 44.9 Å². The van der Waals surface area contributed by atoms with Gasteiger partial charge in [0.25, 0.3) is 0 Å². The fraction of sp³-hybridized carbons (Fsp3) is 0.370. The minimum absolute atomic E-state index is 0.0237. The number of amides is 3. The molecule has 0 spiro atoms. The number of aromatic nitrogens is 7. The van der Waals surface area contributed by atoms with Crippen LogP contribution in [0.1, 0.15) is 151 Å². The normalized spacial score (nSPS) is 19.5. The SMILES string of the molecule is C=CC(=O)N1CC(C)N(C2=NCN(c3c(C)cc(N)nc3C(C)C)c3nc(-c4ccccc4F)c(Cl)cc32)CC1C.C=CC(=O)N1CC(C)N(C2=NS(=O)(=O)N(c3c(C)cc(CN(C)C)nc3C(C)C)c3nc(-c4ccccc4F)c(Cl)cc32)CC1C.C=CC(=O)N1CC(C)N(C2=NS(=O)(=O)N(c3c(C)cnn3C(C)C)c3nc(-c4ccccc4F)c(Cl)cc32)CC1C. The van der Waals surface area contributed by atoms with Crippen molar-refractivity contribution in [3.63, 3.8) is 0 Å². The molecule has 28 nitrogen and oxygen atoms in total. The Kier molecular flexibility index (Phi) is 27.6. The zero-order valence-corrected chi connectivity index (χ0v) is 78.5. The Bertz CT molecular complexity index is 6270. The van der Waals surface area contributed by atoms with Gasteiger partial charge in [-0.3, -0.25) is 19.4 Å². The lowest BCUT2D eigenvalue weighted by atomic mass is 10.0. The number of aliphatic imine (C=N–C) groups is 1. The monoisotopic (exact) mass is 1840 g/mol. The van der Waals surface area contributed by atoms with Gasteiger partial charge in [0.15, 0.2) is 29.1 Å². The van der Waals surface area contributed by atoms with Crippen LogP contribution in [0.15, 0.2) is 161 Å². The van der Waals surface area contributed by atoms with Gasteiger partial charge in [0.1, 0.15) is 41.6 Å². The van der Waals surface area contributed by atoms with Crippen molar-refractivity contribution < 1.29 is 44.4 Å². The molecule has 0 bridgehead atoms. The molecule has 0 saturated carbocycles. The molecule has 6 aliphatic heterocycles. The summed E-state index contributed by atoms with van der Waals surface area (Å²) in [5.41, 5.74) is 14.3. The number of aryl methyl sites for hydroxylation is 3. The summed E-state index contributed by atoms with van der Waals surface area (Å²) in [7, 11) is -5.00. The molecule has 3 aromatic carbocycles. The predicted octanol–water partition coefficient (Wildman–Crippen LogP) is 16.5. The van der Waals surface area contributed by atoms with E-state index in [9.17, 15) is 40.0 Å². The van der Waals surface area contributed by atoms with Crippen LogP contribution in [-0.2, 0) is 41.3 Å². The number of hydrogen-bond donors (Lipinski definition) is 1. The first-order valence-electron chi connectivity index (χ1n) is 42.1. The number of fused-ring (bicyclic) bond motifs is 3. The Morgan fingerprint density at radius 2 is 0.867 bits per heavy atom. The second-order valence-electron chi connectivity index (χ2n) is 34.0. The van der Waals surface area contributed by atoms with Crippen molar-refractivity contribution in [2.75, 3.05) is 79.3 Å². The quantitative estimate of drug-likeness (QED) is 0.0989. The van der Waals surface area contributed by atoms with E-state index in [0.29, 0.717) is 107 Å². The van der Waals surface area contributed by atoms with Crippen molar-refractivity contribution in [1.29, 1.82) is 0 Å². The summed E-state index contributed by atoms with van der Waals surface area (Å²) < 4.78 is 115. The summed E-state index contributed by atoms with van der Waals surface area (Å²) >= 11 is 20.4. The Balaban J connectivity index is 0.000000164. The Morgan fingerprint density at radius 1 is 0.492 bits per heavy atom. The number of nitrogens with zero attached hydrogens (tertiary/aromatic N) is 20. The summed E-state index contributed by atoms with van der Waals surface area (Å²) in [4.78, 5) is 81.8. The highest BCUT2D eigenvalue weighted by Gasteiger charge is 2.47. The molecule has 6 aromatic heterocycles. The highest BCUT2D eigenvalue weighted by molar-refractivity contribution is 7.92. The van der Waals surface area contributed by atoms with Gasteiger partial charge in [-0.15, -0.1) is 8.80 Å². The number of rotatable bonds is 14. The van der Waals surface area contributed by atoms with E-state index in [-0.39, 0.29) is 140 Å². The highest BCUT2D eigenvalue weighted by Crippen LogP contribution is 2.48. The lowest BCUT2D eigenvalue weighted by Gasteiger charge is -2.46. The first-order valence-corrected chi connectivity index (χ1v) is 46.0. The lowest BCUT2D eigenvalue weighted by molar-refractivity contribution is -0.131. The number of piperazine rings is 3. The van der Waals surface area contributed by atoms with Crippen LogP contribution in [0.3, 0.4) is 0 Å². The van der Waals surface area contributed by atoms with Crippen LogP contribution >= 0.6 is 34.8 Å². The van der Waals surface area contributed by atoms with Gasteiger partial charge in [-0.25, -0.2) is 42.8 Å². The predicted molar refractivity (Wildman–Crippen MR) is 501 cm³/mol. The molecule has 0 radical (unpaired) electrons. The molecule has 128 heavy (non-hydrogen) atoms. The fourth-order valence-corrected chi connectivity index (χ4v) is 20.5. The van der Waals surface area contributed by atoms with E-state index in [1.54, 1.807) is 88.3 Å². The summed E-state index contributed by atoms with van der Waals surface area (Å²) in [6.07, 6.45) is 5.47. The largest absolute Gasteiger partial charge is 0.384 e. The third-order valence-electron chi connectivity index (χ3n) is 23.2. The molecule has 12 heterocycles. The van der Waals surface area contributed by atoms with Crippen molar-refractivity contribution >= 4 is 131 Å². The van der Waals surface area contributed by atoms with Gasteiger partial charge in [-0.05, 0) is 198 Å². The van der Waals surface area contributed by atoms with Gasteiger partial charge in [-0.2, -0.15) is 30.5 Å². The maximum Gasteiger partial charge on any atom is 0.353 e. The first-order chi connectivity index (χ1) is 60.5. The summed E-state index contributed by atoms with van der Waals surface area (Å²) in [6, 6.07) is 25.9. The molecule has 2 N–H and O–H groups in total. The second-order valence-corrected chi connectivity index (χ2v) is 38.1. The van der Waals surface area contributed by atoms with E-state index in [1.165, 1.54) is 42.5 Å². The number of halogens is 6. The molecule has 6 aliphatic rings. The van der Waals surface area contributed by atoms with Crippen molar-refractivity contribution in [3.8, 4) is 33.8 Å². The van der Waals surface area contributed by atoms with E-state index in [0.717, 1.165) is 42.6 Å². The number of carbonyl (C=O) groups is 3. The van der Waals surface area contributed by atoms with E-state index >= 15 is 4.39 Å². The van der Waals surface area contributed by atoms with Gasteiger partial charge in [0, 0.05) is 110 Å². The minimum Gasteiger partial charge on any atom is -0.384 e.